The lowest BCUT2D eigenvalue weighted by Crippen LogP contribution is -2.48. The average molecular weight is 342 g/mol. The second-order valence-corrected chi connectivity index (χ2v) is 6.18. The van der Waals surface area contributed by atoms with Crippen molar-refractivity contribution < 1.29 is 18.3 Å². The molecule has 0 radical (unpaired) electrons. The highest BCUT2D eigenvalue weighted by atomic mass is 35.5. The predicted octanol–water partition coefficient (Wildman–Crippen LogP) is 2.64. The zero-order valence-electron chi connectivity index (χ0n) is 12.4. The summed E-state index contributed by atoms with van der Waals surface area (Å²) in [4.78, 5) is 17.2. The average Bonchev–Trinajstić information content (AvgIpc) is 2.78. The topological polar surface area (TPSA) is 66.2 Å². The van der Waals surface area contributed by atoms with Crippen molar-refractivity contribution in [3.8, 4) is 6.07 Å². The number of nitriles is 1. The Morgan fingerprint density at radius 3 is 2.87 bits per heavy atom. The van der Waals surface area contributed by atoms with Gasteiger partial charge in [0.15, 0.2) is 0 Å². The maximum absolute atomic E-state index is 14.1. The van der Waals surface area contributed by atoms with E-state index in [1.165, 1.54) is 7.11 Å². The molecule has 0 unspecified atom stereocenters. The maximum Gasteiger partial charge on any atom is 0.305 e. The van der Waals surface area contributed by atoms with Gasteiger partial charge in [0.2, 0.25) is 0 Å². The number of rotatable bonds is 3. The standard InChI is InChI=1S/C15H14ClF2N3O2/c1-23-11(22)4-8-6-21(7-8)14-9-2-3-15(17,18)12(9)10(5-19)13(16)20-14/h8H,2-4,6-7H2,1H3. The highest BCUT2D eigenvalue weighted by Crippen LogP contribution is 2.48. The summed E-state index contributed by atoms with van der Waals surface area (Å²) in [5.74, 6) is -2.84. The van der Waals surface area contributed by atoms with Gasteiger partial charge in [-0.3, -0.25) is 4.79 Å². The van der Waals surface area contributed by atoms with E-state index >= 15 is 0 Å². The summed E-state index contributed by atoms with van der Waals surface area (Å²) in [7, 11) is 1.33. The fraction of sp³-hybridized carbons (Fsp3) is 0.533. The first-order valence-electron chi connectivity index (χ1n) is 7.20. The van der Waals surface area contributed by atoms with Crippen molar-refractivity contribution in [1.82, 2.24) is 4.98 Å². The van der Waals surface area contributed by atoms with Crippen LogP contribution in [0.15, 0.2) is 0 Å². The van der Waals surface area contributed by atoms with Gasteiger partial charge in [0.05, 0.1) is 19.1 Å². The van der Waals surface area contributed by atoms with Crippen LogP contribution in [0.25, 0.3) is 0 Å². The van der Waals surface area contributed by atoms with E-state index in [4.69, 9.17) is 16.9 Å². The number of carbonyl (C=O) groups excluding carboxylic acids is 1. The summed E-state index contributed by atoms with van der Waals surface area (Å²) in [5.41, 5.74) is -0.126. The number of alkyl halides is 2. The third-order valence-corrected chi connectivity index (χ3v) is 4.61. The first kappa shape index (κ1) is 15.9. The number of methoxy groups -OCH3 is 1. The molecule has 1 saturated heterocycles. The van der Waals surface area contributed by atoms with Crippen molar-refractivity contribution in [3.63, 3.8) is 0 Å². The molecule has 0 atom stereocenters. The molecular formula is C15H14ClF2N3O2. The molecular weight excluding hydrogens is 328 g/mol. The lowest BCUT2D eigenvalue weighted by Gasteiger charge is -2.40. The number of nitrogens with zero attached hydrogens (tertiary/aromatic N) is 3. The van der Waals surface area contributed by atoms with E-state index in [1.54, 1.807) is 6.07 Å². The molecule has 2 heterocycles. The molecule has 3 rings (SSSR count). The number of fused-ring (bicyclic) bond motifs is 1. The third-order valence-electron chi connectivity index (χ3n) is 4.34. The first-order chi connectivity index (χ1) is 10.9. The molecule has 8 heteroatoms. The number of esters is 1. The number of hydrogen-bond donors (Lipinski definition) is 0. The van der Waals surface area contributed by atoms with E-state index in [2.05, 4.69) is 9.72 Å². The van der Waals surface area contributed by atoms with Crippen molar-refractivity contribution in [2.24, 2.45) is 5.92 Å². The molecule has 1 aliphatic heterocycles. The van der Waals surface area contributed by atoms with Crippen LogP contribution >= 0.6 is 11.6 Å². The molecule has 23 heavy (non-hydrogen) atoms. The quantitative estimate of drug-likeness (QED) is 0.624. The Bertz CT molecular complexity index is 712. The molecule has 1 aromatic rings. The van der Waals surface area contributed by atoms with Gasteiger partial charge in [-0.25, -0.2) is 13.8 Å². The number of carbonyl (C=O) groups is 1. The number of pyridine rings is 1. The lowest BCUT2D eigenvalue weighted by molar-refractivity contribution is -0.141. The zero-order chi connectivity index (χ0) is 16.8. The molecule has 0 saturated carbocycles. The number of aromatic nitrogens is 1. The Hall–Kier alpha value is -1.94. The van der Waals surface area contributed by atoms with Gasteiger partial charge >= 0.3 is 5.97 Å². The minimum atomic E-state index is -3.06. The van der Waals surface area contributed by atoms with Gasteiger partial charge in [-0.15, -0.1) is 0 Å². The van der Waals surface area contributed by atoms with Crippen molar-refractivity contribution in [1.29, 1.82) is 5.26 Å². The first-order valence-corrected chi connectivity index (χ1v) is 7.57. The van der Waals surface area contributed by atoms with Gasteiger partial charge in [0, 0.05) is 36.6 Å². The van der Waals surface area contributed by atoms with Gasteiger partial charge in [-0.1, -0.05) is 11.6 Å². The van der Waals surface area contributed by atoms with Crippen LogP contribution in [0.5, 0.6) is 0 Å². The van der Waals surface area contributed by atoms with Crippen LogP contribution < -0.4 is 4.90 Å². The molecule has 0 N–H and O–H groups in total. The second-order valence-electron chi connectivity index (χ2n) is 5.82. The van der Waals surface area contributed by atoms with Gasteiger partial charge in [0.1, 0.15) is 17.0 Å². The second kappa shape index (κ2) is 5.60. The van der Waals surface area contributed by atoms with Crippen LogP contribution in [0.3, 0.4) is 0 Å². The highest BCUT2D eigenvalue weighted by Gasteiger charge is 2.45. The van der Waals surface area contributed by atoms with Crippen molar-refractivity contribution in [2.45, 2.75) is 25.2 Å². The Balaban J connectivity index is 1.89. The number of ether oxygens (including phenoxy) is 1. The van der Waals surface area contributed by atoms with E-state index < -0.39 is 5.92 Å². The number of halogens is 3. The Labute approximate surface area is 136 Å². The van der Waals surface area contributed by atoms with Gasteiger partial charge < -0.3 is 9.64 Å². The molecule has 1 aliphatic carbocycles. The molecule has 5 nitrogen and oxygen atoms in total. The predicted molar refractivity (Wildman–Crippen MR) is 78.5 cm³/mol. The molecule has 0 amide bonds. The Morgan fingerprint density at radius 1 is 1.57 bits per heavy atom. The van der Waals surface area contributed by atoms with E-state index in [1.807, 2.05) is 4.90 Å². The van der Waals surface area contributed by atoms with Crippen LogP contribution in [-0.2, 0) is 21.9 Å². The third kappa shape index (κ3) is 2.61. The summed E-state index contributed by atoms with van der Waals surface area (Å²) >= 11 is 5.94. The smallest absolute Gasteiger partial charge is 0.305 e. The SMILES string of the molecule is COC(=O)CC1CN(c2nc(Cl)c(C#N)c3c2CCC3(F)F)C1. The molecule has 2 aliphatic rings. The monoisotopic (exact) mass is 341 g/mol. The van der Waals surface area contributed by atoms with Crippen molar-refractivity contribution in [2.75, 3.05) is 25.1 Å². The van der Waals surface area contributed by atoms with Gasteiger partial charge in [-0.2, -0.15) is 5.26 Å². The number of hydrogen-bond acceptors (Lipinski definition) is 5. The molecule has 1 fully saturated rings. The van der Waals surface area contributed by atoms with E-state index in [-0.39, 0.29) is 47.4 Å². The van der Waals surface area contributed by atoms with E-state index in [0.29, 0.717) is 24.5 Å². The van der Waals surface area contributed by atoms with Crippen molar-refractivity contribution in [3.05, 3.63) is 21.8 Å². The minimum Gasteiger partial charge on any atom is -0.469 e. The molecule has 1 aromatic heterocycles. The van der Waals surface area contributed by atoms with Crippen LogP contribution in [-0.4, -0.2) is 31.2 Å². The summed E-state index contributed by atoms with van der Waals surface area (Å²) in [6, 6.07) is 1.74. The van der Waals surface area contributed by atoms with Crippen LogP contribution in [0.2, 0.25) is 5.15 Å². The Morgan fingerprint density at radius 2 is 2.26 bits per heavy atom. The van der Waals surface area contributed by atoms with Gasteiger partial charge in [0.25, 0.3) is 5.92 Å². The molecule has 0 spiro atoms. The Kier molecular flexibility index (Phi) is 3.88. The fourth-order valence-electron chi connectivity index (χ4n) is 3.18. The van der Waals surface area contributed by atoms with Gasteiger partial charge in [-0.05, 0) is 6.42 Å². The number of anilines is 1. The summed E-state index contributed by atoms with van der Waals surface area (Å²) in [6.07, 6.45) is 0.107. The largest absolute Gasteiger partial charge is 0.469 e. The highest BCUT2D eigenvalue weighted by molar-refractivity contribution is 6.30. The van der Waals surface area contributed by atoms with E-state index in [9.17, 15) is 13.6 Å². The molecule has 0 bridgehead atoms. The normalized spacial score (nSPS) is 19.0. The maximum atomic E-state index is 14.1. The van der Waals surface area contributed by atoms with E-state index in [0.717, 1.165) is 0 Å². The van der Waals surface area contributed by atoms with Crippen LogP contribution in [0.4, 0.5) is 14.6 Å². The van der Waals surface area contributed by atoms with Crippen LogP contribution in [0.1, 0.15) is 29.5 Å². The summed E-state index contributed by atoms with van der Waals surface area (Å²) < 4.78 is 32.8. The van der Waals surface area contributed by atoms with Crippen molar-refractivity contribution >= 4 is 23.4 Å². The minimum absolute atomic E-state index is 0.108. The molecule has 122 valence electrons. The molecule has 0 aromatic carbocycles. The fourth-order valence-corrected chi connectivity index (χ4v) is 3.40. The lowest BCUT2D eigenvalue weighted by atomic mass is 9.95. The van der Waals surface area contributed by atoms with Crippen LogP contribution in [0, 0.1) is 17.2 Å². The summed E-state index contributed by atoms with van der Waals surface area (Å²) in [6.45, 7) is 1.06. The summed E-state index contributed by atoms with van der Waals surface area (Å²) in [5, 5.41) is 8.92. The zero-order valence-corrected chi connectivity index (χ0v) is 13.2.